The van der Waals surface area contributed by atoms with E-state index in [1.165, 1.54) is 6.07 Å². The number of fused-ring (bicyclic) bond motifs is 1. The highest BCUT2D eigenvalue weighted by atomic mass is 32.2. The van der Waals surface area contributed by atoms with Crippen molar-refractivity contribution < 1.29 is 13.2 Å². The summed E-state index contributed by atoms with van der Waals surface area (Å²) in [5.74, 6) is 0.801. The predicted octanol–water partition coefficient (Wildman–Crippen LogP) is 1.12. The number of Topliss-reactive ketones (excluding diaryl/α,β-unsaturated/α-hetero) is 1. The van der Waals surface area contributed by atoms with Crippen LogP contribution in [0.3, 0.4) is 0 Å². The Morgan fingerprint density at radius 3 is 2.57 bits per heavy atom. The van der Waals surface area contributed by atoms with Gasteiger partial charge in [-0.25, -0.2) is 8.42 Å². The van der Waals surface area contributed by atoms with E-state index in [1.54, 1.807) is 29.4 Å². The summed E-state index contributed by atoms with van der Waals surface area (Å²) in [5.41, 5.74) is 0.472. The molecule has 2 aliphatic heterocycles. The minimum Gasteiger partial charge on any atom is -0.316 e. The van der Waals surface area contributed by atoms with Crippen LogP contribution in [0, 0.1) is 11.8 Å². The lowest BCUT2D eigenvalue weighted by molar-refractivity contribution is 0.0988. The van der Waals surface area contributed by atoms with E-state index < -0.39 is 10.0 Å². The quantitative estimate of drug-likeness (QED) is 0.847. The average molecular weight is 308 g/mol. The topological polar surface area (TPSA) is 66.5 Å². The van der Waals surface area contributed by atoms with Crippen molar-refractivity contribution in [2.45, 2.75) is 18.2 Å². The second kappa shape index (κ2) is 5.51. The van der Waals surface area contributed by atoms with E-state index in [0.717, 1.165) is 13.1 Å². The van der Waals surface area contributed by atoms with Crippen LogP contribution in [0.2, 0.25) is 0 Å². The highest BCUT2D eigenvalue weighted by molar-refractivity contribution is 7.89. The van der Waals surface area contributed by atoms with Gasteiger partial charge in [0.05, 0.1) is 4.90 Å². The summed E-state index contributed by atoms with van der Waals surface area (Å²) >= 11 is 0. The largest absolute Gasteiger partial charge is 0.316 e. The van der Waals surface area contributed by atoms with Gasteiger partial charge >= 0.3 is 0 Å². The number of hydrogen-bond donors (Lipinski definition) is 1. The summed E-state index contributed by atoms with van der Waals surface area (Å²) in [6, 6.07) is 6.41. The van der Waals surface area contributed by atoms with Gasteiger partial charge in [0.15, 0.2) is 5.78 Å². The van der Waals surface area contributed by atoms with Crippen molar-refractivity contribution in [2.75, 3.05) is 26.2 Å². The van der Waals surface area contributed by atoms with Gasteiger partial charge in [0.1, 0.15) is 0 Å². The van der Waals surface area contributed by atoms with E-state index in [9.17, 15) is 13.2 Å². The molecule has 6 heteroatoms. The Labute approximate surface area is 125 Å². The van der Waals surface area contributed by atoms with E-state index in [4.69, 9.17) is 0 Å². The van der Waals surface area contributed by atoms with E-state index in [1.807, 2.05) is 0 Å². The third-order valence-corrected chi connectivity index (χ3v) is 6.30. The van der Waals surface area contributed by atoms with E-state index in [0.29, 0.717) is 36.9 Å². The first-order valence-electron chi connectivity index (χ1n) is 7.36. The van der Waals surface area contributed by atoms with Crippen LogP contribution in [0.15, 0.2) is 29.2 Å². The first-order valence-corrected chi connectivity index (χ1v) is 8.80. The number of nitrogens with zero attached hydrogens (tertiary/aromatic N) is 1. The fourth-order valence-corrected chi connectivity index (χ4v) is 4.79. The molecule has 1 aromatic rings. The molecule has 0 spiro atoms. The summed E-state index contributed by atoms with van der Waals surface area (Å²) in [4.78, 5) is 12.0. The van der Waals surface area contributed by atoms with Crippen LogP contribution in [0.25, 0.3) is 0 Å². The van der Waals surface area contributed by atoms with Crippen molar-refractivity contribution in [3.8, 4) is 0 Å². The molecule has 2 heterocycles. The SMILES string of the molecule is CCC(=O)c1cccc(S(=O)(=O)N2C[C@H]3CNC[C@H]3C2)c1. The Balaban J connectivity index is 1.87. The Hall–Kier alpha value is -1.24. The fraction of sp³-hybridized carbons (Fsp3) is 0.533. The molecule has 2 saturated heterocycles. The summed E-state index contributed by atoms with van der Waals surface area (Å²) in [7, 11) is -3.49. The first-order chi connectivity index (χ1) is 10.0. The number of carbonyl (C=O) groups is 1. The normalized spacial score (nSPS) is 26.0. The molecule has 21 heavy (non-hydrogen) atoms. The average Bonchev–Trinajstić information content (AvgIpc) is 3.08. The highest BCUT2D eigenvalue weighted by Crippen LogP contribution is 2.31. The number of nitrogens with one attached hydrogen (secondary N) is 1. The molecule has 0 aliphatic carbocycles. The van der Waals surface area contributed by atoms with Crippen LogP contribution >= 0.6 is 0 Å². The third kappa shape index (κ3) is 2.63. The molecular formula is C15H20N2O3S. The van der Waals surface area contributed by atoms with Crippen LogP contribution in [0.4, 0.5) is 0 Å². The molecule has 3 rings (SSSR count). The number of ketones is 1. The van der Waals surface area contributed by atoms with Gasteiger partial charge in [-0.05, 0) is 37.1 Å². The molecule has 5 nitrogen and oxygen atoms in total. The zero-order valence-electron chi connectivity index (χ0n) is 12.1. The maximum Gasteiger partial charge on any atom is 0.243 e. The van der Waals surface area contributed by atoms with Gasteiger partial charge in [-0.15, -0.1) is 0 Å². The Morgan fingerprint density at radius 2 is 1.95 bits per heavy atom. The molecule has 0 bridgehead atoms. The van der Waals surface area contributed by atoms with Crippen molar-refractivity contribution in [3.05, 3.63) is 29.8 Å². The second-order valence-electron chi connectivity index (χ2n) is 5.80. The molecule has 0 amide bonds. The monoisotopic (exact) mass is 308 g/mol. The smallest absolute Gasteiger partial charge is 0.243 e. The van der Waals surface area contributed by atoms with Gasteiger partial charge in [0.25, 0.3) is 0 Å². The van der Waals surface area contributed by atoms with Crippen LogP contribution in [0.1, 0.15) is 23.7 Å². The minimum absolute atomic E-state index is 0.0328. The maximum atomic E-state index is 12.7. The fourth-order valence-electron chi connectivity index (χ4n) is 3.19. The molecule has 114 valence electrons. The van der Waals surface area contributed by atoms with Crippen molar-refractivity contribution in [1.82, 2.24) is 9.62 Å². The predicted molar refractivity (Wildman–Crippen MR) is 79.7 cm³/mol. The first kappa shape index (κ1) is 14.7. The van der Waals surface area contributed by atoms with Crippen molar-refractivity contribution >= 4 is 15.8 Å². The van der Waals surface area contributed by atoms with Gasteiger partial charge in [-0.3, -0.25) is 4.79 Å². The molecule has 2 aliphatic rings. The standard InChI is InChI=1S/C15H20N2O3S/c1-2-15(18)11-4-3-5-14(6-11)21(19,20)17-9-12-7-16-8-13(12)10-17/h3-6,12-13,16H,2,7-10H2,1H3/t12-,13+. The van der Waals surface area contributed by atoms with Gasteiger partial charge in [-0.2, -0.15) is 4.31 Å². The van der Waals surface area contributed by atoms with E-state index >= 15 is 0 Å². The lowest BCUT2D eigenvalue weighted by Gasteiger charge is -2.17. The Morgan fingerprint density at radius 1 is 1.29 bits per heavy atom. The van der Waals surface area contributed by atoms with Crippen molar-refractivity contribution in [3.63, 3.8) is 0 Å². The van der Waals surface area contributed by atoms with Crippen LogP contribution in [0.5, 0.6) is 0 Å². The van der Waals surface area contributed by atoms with Crippen molar-refractivity contribution in [2.24, 2.45) is 11.8 Å². The van der Waals surface area contributed by atoms with E-state index in [2.05, 4.69) is 5.32 Å². The maximum absolute atomic E-state index is 12.7. The van der Waals surface area contributed by atoms with Crippen LogP contribution in [-0.4, -0.2) is 44.7 Å². The van der Waals surface area contributed by atoms with Gasteiger partial charge in [0.2, 0.25) is 10.0 Å². The van der Waals surface area contributed by atoms with Gasteiger partial charge in [0, 0.05) is 25.1 Å². The molecule has 0 aromatic heterocycles. The highest BCUT2D eigenvalue weighted by Gasteiger charge is 2.41. The lowest BCUT2D eigenvalue weighted by atomic mass is 10.0. The summed E-state index contributed by atoms with van der Waals surface area (Å²) in [6.45, 7) is 4.71. The number of carbonyl (C=O) groups excluding carboxylic acids is 1. The number of rotatable bonds is 4. The van der Waals surface area contributed by atoms with E-state index in [-0.39, 0.29) is 10.7 Å². The molecule has 1 N–H and O–H groups in total. The number of benzene rings is 1. The van der Waals surface area contributed by atoms with Crippen LogP contribution < -0.4 is 5.32 Å². The molecular weight excluding hydrogens is 288 g/mol. The van der Waals surface area contributed by atoms with Gasteiger partial charge < -0.3 is 5.32 Å². The van der Waals surface area contributed by atoms with Crippen LogP contribution in [-0.2, 0) is 10.0 Å². The van der Waals surface area contributed by atoms with Crippen molar-refractivity contribution in [1.29, 1.82) is 0 Å². The molecule has 0 unspecified atom stereocenters. The molecule has 0 saturated carbocycles. The zero-order chi connectivity index (χ0) is 15.0. The summed E-state index contributed by atoms with van der Waals surface area (Å²) < 4.78 is 27.0. The molecule has 2 fully saturated rings. The lowest BCUT2D eigenvalue weighted by Crippen LogP contribution is -2.32. The zero-order valence-corrected chi connectivity index (χ0v) is 12.9. The Kier molecular flexibility index (Phi) is 3.86. The minimum atomic E-state index is -3.49. The summed E-state index contributed by atoms with van der Waals surface area (Å²) in [6.07, 6.45) is 0.378. The second-order valence-corrected chi connectivity index (χ2v) is 7.74. The molecule has 0 radical (unpaired) electrons. The number of sulfonamides is 1. The third-order valence-electron chi connectivity index (χ3n) is 4.47. The van der Waals surface area contributed by atoms with Gasteiger partial charge in [-0.1, -0.05) is 19.1 Å². The molecule has 2 atom stereocenters. The number of hydrogen-bond acceptors (Lipinski definition) is 4. The Bertz CT molecular complexity index is 645. The molecule has 1 aromatic carbocycles. The summed E-state index contributed by atoms with van der Waals surface area (Å²) in [5, 5.41) is 3.30.